The van der Waals surface area contributed by atoms with Gasteiger partial charge in [0.1, 0.15) is 35.6 Å². The molecule has 2 fully saturated rings. The van der Waals surface area contributed by atoms with E-state index in [4.69, 9.17) is 29.4 Å². The fraction of sp³-hybridized carbons (Fsp3) is 0.543. The summed E-state index contributed by atoms with van der Waals surface area (Å²) in [5, 5.41) is 56.6. The predicted molar refractivity (Wildman–Crippen MR) is 174 cm³/mol. The van der Waals surface area contributed by atoms with Crippen molar-refractivity contribution in [2.45, 2.75) is 106 Å². The Labute approximate surface area is 304 Å². The van der Waals surface area contributed by atoms with Gasteiger partial charge in [-0.25, -0.2) is 0 Å². The van der Waals surface area contributed by atoms with Crippen LogP contribution in [0.4, 0.5) is 13.2 Å². The van der Waals surface area contributed by atoms with Crippen molar-refractivity contribution in [3.8, 4) is 17.2 Å². The standard InChI is InChI=1S/C35H39F3N2O14/c1-12-27(43)16(39)7-21(51-12)54-32-13(2)52-22(8-17(32)40-33(48)35(36,37)38)53-19-10-34(49,20(42)11-41)9-15-24(19)31(47)26-25(29(15)45)28(44)14-5-4-6-18(50-3)23(14)30(26)46/h4-6,12-13,16-17,19,21-22,27,32,41,43,45,47,49H,7-11,39H2,1-3H3,(H,40,48). The molecule has 2 aromatic rings. The third kappa shape index (κ3) is 6.83. The largest absolute Gasteiger partial charge is 0.507 e. The lowest BCUT2D eigenvalue weighted by Crippen LogP contribution is -2.60. The monoisotopic (exact) mass is 768 g/mol. The van der Waals surface area contributed by atoms with E-state index in [1.807, 2.05) is 5.32 Å². The summed E-state index contributed by atoms with van der Waals surface area (Å²) >= 11 is 0. The summed E-state index contributed by atoms with van der Waals surface area (Å²) in [6, 6.07) is 1.83. The molecular weight excluding hydrogens is 729 g/mol. The van der Waals surface area contributed by atoms with Crippen molar-refractivity contribution in [2.75, 3.05) is 13.7 Å². The first-order chi connectivity index (χ1) is 25.3. The number of halogens is 3. The number of ether oxygens (including phenoxy) is 5. The summed E-state index contributed by atoms with van der Waals surface area (Å²) in [7, 11) is 1.25. The van der Waals surface area contributed by atoms with Gasteiger partial charge >= 0.3 is 12.1 Å². The van der Waals surface area contributed by atoms with Gasteiger partial charge in [0.15, 0.2) is 24.1 Å². The highest BCUT2D eigenvalue weighted by molar-refractivity contribution is 6.31. The molecule has 0 spiro atoms. The summed E-state index contributed by atoms with van der Waals surface area (Å²) in [5.41, 5.74) is 1.15. The number of alkyl halides is 3. The number of aliphatic hydroxyl groups excluding tert-OH is 2. The number of hydrogen-bond acceptors (Lipinski definition) is 15. The van der Waals surface area contributed by atoms with E-state index in [-0.39, 0.29) is 34.4 Å². The second-order valence-corrected chi connectivity index (χ2v) is 13.8. The molecule has 1 amide bonds. The maximum absolute atomic E-state index is 13.9. The first-order valence-electron chi connectivity index (χ1n) is 17.0. The minimum atomic E-state index is -5.32. The topological polar surface area (TPSA) is 254 Å². The fourth-order valence-corrected chi connectivity index (χ4v) is 7.65. The van der Waals surface area contributed by atoms with Gasteiger partial charge in [0.05, 0.1) is 54.3 Å². The molecule has 54 heavy (non-hydrogen) atoms. The van der Waals surface area contributed by atoms with Crippen LogP contribution >= 0.6 is 0 Å². The second-order valence-electron chi connectivity index (χ2n) is 13.8. The van der Waals surface area contributed by atoms with Crippen molar-refractivity contribution in [2.24, 2.45) is 5.73 Å². The molecule has 4 aliphatic rings. The maximum atomic E-state index is 13.9. The molecule has 16 nitrogen and oxygen atoms in total. The molecule has 10 atom stereocenters. The van der Waals surface area contributed by atoms with E-state index in [9.17, 15) is 57.9 Å². The number of ketones is 3. The molecule has 2 aromatic carbocycles. The van der Waals surface area contributed by atoms with E-state index in [0.717, 1.165) is 0 Å². The number of carbonyl (C=O) groups is 4. The number of benzene rings is 2. The van der Waals surface area contributed by atoms with Crippen LogP contribution < -0.4 is 15.8 Å². The third-order valence-corrected chi connectivity index (χ3v) is 10.4. The van der Waals surface area contributed by atoms with E-state index in [2.05, 4.69) is 0 Å². The lowest BCUT2D eigenvalue weighted by atomic mass is 9.72. The van der Waals surface area contributed by atoms with Crippen LogP contribution in [0.3, 0.4) is 0 Å². The normalized spacial score (nSPS) is 32.3. The third-order valence-electron chi connectivity index (χ3n) is 10.4. The molecule has 0 bridgehead atoms. The van der Waals surface area contributed by atoms with Gasteiger partial charge in [-0.05, 0) is 19.9 Å². The molecule has 2 aliphatic heterocycles. The van der Waals surface area contributed by atoms with E-state index in [1.165, 1.54) is 39.2 Å². The van der Waals surface area contributed by atoms with E-state index < -0.39 is 139 Å². The molecule has 0 saturated carbocycles. The van der Waals surface area contributed by atoms with Crippen LogP contribution in [0, 0.1) is 0 Å². The molecule has 0 aromatic heterocycles. The van der Waals surface area contributed by atoms with Gasteiger partial charge in [0.2, 0.25) is 5.78 Å². The van der Waals surface area contributed by atoms with Gasteiger partial charge in [-0.15, -0.1) is 0 Å². The van der Waals surface area contributed by atoms with Crippen LogP contribution in [-0.2, 0) is 35.0 Å². The number of phenolic OH excluding ortho intramolecular Hbond substituents is 2. The van der Waals surface area contributed by atoms with Crippen molar-refractivity contribution in [3.05, 3.63) is 51.6 Å². The summed E-state index contributed by atoms with van der Waals surface area (Å²) in [4.78, 5) is 52.8. The number of aromatic hydroxyl groups is 2. The molecule has 8 N–H and O–H groups in total. The van der Waals surface area contributed by atoms with Gasteiger partial charge < -0.3 is 60.3 Å². The maximum Gasteiger partial charge on any atom is 0.471 e. The van der Waals surface area contributed by atoms with Crippen LogP contribution in [0.2, 0.25) is 0 Å². The Bertz CT molecular complexity index is 1860. The number of rotatable bonds is 8. The number of nitrogens with one attached hydrogen (secondary N) is 1. The van der Waals surface area contributed by atoms with Crippen molar-refractivity contribution in [3.63, 3.8) is 0 Å². The number of carbonyl (C=O) groups excluding carboxylic acids is 4. The van der Waals surface area contributed by atoms with E-state index in [0.29, 0.717) is 0 Å². The van der Waals surface area contributed by atoms with Gasteiger partial charge in [0.25, 0.3) is 0 Å². The lowest BCUT2D eigenvalue weighted by Gasteiger charge is -2.45. The molecule has 2 aliphatic carbocycles. The van der Waals surface area contributed by atoms with Gasteiger partial charge in [-0.2, -0.15) is 13.2 Å². The van der Waals surface area contributed by atoms with Crippen molar-refractivity contribution in [1.29, 1.82) is 0 Å². The number of methoxy groups -OCH3 is 1. The molecule has 2 heterocycles. The highest BCUT2D eigenvalue weighted by atomic mass is 19.4. The molecule has 19 heteroatoms. The lowest BCUT2D eigenvalue weighted by molar-refractivity contribution is -0.297. The Kier molecular flexibility index (Phi) is 10.6. The zero-order valence-electron chi connectivity index (χ0n) is 29.1. The molecule has 2 saturated heterocycles. The molecular formula is C35H39F3N2O14. The number of phenols is 2. The average Bonchev–Trinajstić information content (AvgIpc) is 3.11. The zero-order valence-corrected chi connectivity index (χ0v) is 29.1. The Balaban J connectivity index is 1.38. The van der Waals surface area contributed by atoms with Crippen molar-refractivity contribution in [1.82, 2.24) is 5.32 Å². The number of amides is 1. The van der Waals surface area contributed by atoms with Gasteiger partial charge in [0, 0.05) is 48.4 Å². The highest BCUT2D eigenvalue weighted by Crippen LogP contribution is 2.52. The van der Waals surface area contributed by atoms with Crippen LogP contribution in [0.15, 0.2) is 18.2 Å². The van der Waals surface area contributed by atoms with Gasteiger partial charge in [-0.1, -0.05) is 12.1 Å². The summed E-state index contributed by atoms with van der Waals surface area (Å²) in [6.07, 6.45) is -16.1. The first kappa shape index (κ1) is 39.5. The van der Waals surface area contributed by atoms with Crippen molar-refractivity contribution >= 4 is 23.3 Å². The Morgan fingerprint density at radius 1 is 1.00 bits per heavy atom. The SMILES string of the molecule is COc1cccc2c1C(=O)c1c(O)c3c(c(O)c1C2=O)CC(O)(C(=O)CO)CC3OC1CC(NC(=O)C(F)(F)F)C(OC2CC(N)C(O)C(C)O2)C(C)O1. The van der Waals surface area contributed by atoms with E-state index >= 15 is 0 Å². The Hall–Kier alpha value is -4.21. The van der Waals surface area contributed by atoms with Crippen LogP contribution in [0.5, 0.6) is 17.2 Å². The molecule has 6 rings (SSSR count). The zero-order chi connectivity index (χ0) is 39.6. The summed E-state index contributed by atoms with van der Waals surface area (Å²) in [6.45, 7) is 1.73. The van der Waals surface area contributed by atoms with Crippen LogP contribution in [-0.4, -0.2) is 123 Å². The predicted octanol–water partition coefficient (Wildman–Crippen LogP) is 0.569. The number of fused-ring (bicyclic) bond motifs is 3. The quantitative estimate of drug-likeness (QED) is 0.155. The summed E-state index contributed by atoms with van der Waals surface area (Å²) < 4.78 is 69.5. The molecule has 294 valence electrons. The first-order valence-corrected chi connectivity index (χ1v) is 17.0. The smallest absolute Gasteiger partial charge is 0.471 e. The number of aliphatic hydroxyl groups is 3. The number of nitrogens with two attached hydrogens (primary N) is 1. The molecule has 0 radical (unpaired) electrons. The van der Waals surface area contributed by atoms with Crippen LogP contribution in [0.25, 0.3) is 0 Å². The number of Topliss-reactive ketones (excluding diaryl/α,β-unsaturated/α-hetero) is 1. The highest BCUT2D eigenvalue weighted by Gasteiger charge is 2.52. The minimum Gasteiger partial charge on any atom is -0.507 e. The van der Waals surface area contributed by atoms with Crippen molar-refractivity contribution < 1.29 is 81.6 Å². The van der Waals surface area contributed by atoms with Crippen LogP contribution in [0.1, 0.15) is 82.2 Å². The Morgan fingerprint density at radius 2 is 1.65 bits per heavy atom. The number of hydrogen-bond donors (Lipinski definition) is 7. The van der Waals surface area contributed by atoms with E-state index in [1.54, 1.807) is 0 Å². The summed E-state index contributed by atoms with van der Waals surface area (Å²) in [5.74, 6) is -6.99. The fourth-order valence-electron chi connectivity index (χ4n) is 7.65. The molecule has 10 unspecified atom stereocenters. The Morgan fingerprint density at radius 3 is 2.28 bits per heavy atom. The average molecular weight is 769 g/mol. The minimum absolute atomic E-state index is 0.0108. The van der Waals surface area contributed by atoms with Gasteiger partial charge in [-0.3, -0.25) is 19.2 Å². The second kappa shape index (κ2) is 14.5.